The van der Waals surface area contributed by atoms with Crippen molar-refractivity contribution in [1.82, 2.24) is 15.5 Å². The molecule has 0 aromatic heterocycles. The maximum Gasteiger partial charge on any atom is 0.234 e. The number of hydrogen-bond donors (Lipinski definition) is 2. The highest BCUT2D eigenvalue weighted by Gasteiger charge is 2.23. The quantitative estimate of drug-likeness (QED) is 0.719. The Morgan fingerprint density at radius 2 is 2.17 bits per heavy atom. The van der Waals surface area contributed by atoms with E-state index < -0.39 is 0 Å². The number of carbonyl (C=O) groups excluding carboxylic acids is 1. The van der Waals surface area contributed by atoms with E-state index in [2.05, 4.69) is 29.4 Å². The van der Waals surface area contributed by atoms with Gasteiger partial charge in [0.15, 0.2) is 0 Å². The topological polar surface area (TPSA) is 44.4 Å². The number of rotatable bonds is 7. The Morgan fingerprint density at radius 3 is 2.83 bits per heavy atom. The average Bonchev–Trinajstić information content (AvgIpc) is 2.35. The molecule has 1 unspecified atom stereocenters. The van der Waals surface area contributed by atoms with Crippen LogP contribution in [0.4, 0.5) is 0 Å². The molecule has 1 amide bonds. The van der Waals surface area contributed by atoms with Crippen molar-refractivity contribution >= 4 is 5.91 Å². The lowest BCUT2D eigenvalue weighted by molar-refractivity contribution is -0.123. The first-order chi connectivity index (χ1) is 8.63. The minimum atomic E-state index is 0.181. The van der Waals surface area contributed by atoms with Crippen LogP contribution in [0.15, 0.2) is 0 Å². The van der Waals surface area contributed by atoms with Crippen molar-refractivity contribution in [3.63, 3.8) is 0 Å². The number of piperidine rings is 1. The highest BCUT2D eigenvalue weighted by molar-refractivity contribution is 5.78. The summed E-state index contributed by atoms with van der Waals surface area (Å²) in [6.45, 7) is 7.71. The summed E-state index contributed by atoms with van der Waals surface area (Å²) in [7, 11) is 1.99. The molecule has 1 atom stereocenters. The molecule has 0 saturated carbocycles. The first kappa shape index (κ1) is 15.4. The van der Waals surface area contributed by atoms with E-state index in [0.29, 0.717) is 18.5 Å². The molecule has 18 heavy (non-hydrogen) atoms. The molecule has 1 aliphatic heterocycles. The first-order valence-electron chi connectivity index (χ1n) is 7.28. The normalized spacial score (nSPS) is 21.2. The van der Waals surface area contributed by atoms with Gasteiger partial charge >= 0.3 is 0 Å². The monoisotopic (exact) mass is 255 g/mol. The van der Waals surface area contributed by atoms with Crippen LogP contribution in [0.2, 0.25) is 0 Å². The van der Waals surface area contributed by atoms with Gasteiger partial charge in [-0.05, 0) is 45.3 Å². The Labute approximate surface area is 111 Å². The highest BCUT2D eigenvalue weighted by atomic mass is 16.2. The molecule has 4 heteroatoms. The Balaban J connectivity index is 2.33. The van der Waals surface area contributed by atoms with Crippen molar-refractivity contribution in [2.45, 2.75) is 45.6 Å². The van der Waals surface area contributed by atoms with E-state index in [1.807, 2.05) is 7.05 Å². The summed E-state index contributed by atoms with van der Waals surface area (Å²) in [4.78, 5) is 14.2. The number of nitrogens with one attached hydrogen (secondary N) is 2. The van der Waals surface area contributed by atoms with Crippen molar-refractivity contribution in [2.24, 2.45) is 5.92 Å². The first-order valence-corrected chi connectivity index (χ1v) is 7.28. The second-order valence-electron chi connectivity index (χ2n) is 5.71. The van der Waals surface area contributed by atoms with Gasteiger partial charge in [0.1, 0.15) is 0 Å². The molecule has 106 valence electrons. The van der Waals surface area contributed by atoms with E-state index in [-0.39, 0.29) is 5.91 Å². The summed E-state index contributed by atoms with van der Waals surface area (Å²) in [6, 6.07) is 0.580. The number of carbonyl (C=O) groups is 1. The zero-order valence-corrected chi connectivity index (χ0v) is 12.2. The second-order valence-corrected chi connectivity index (χ2v) is 5.71. The summed E-state index contributed by atoms with van der Waals surface area (Å²) >= 11 is 0. The largest absolute Gasteiger partial charge is 0.355 e. The molecule has 0 spiro atoms. The molecule has 1 rings (SSSR count). The van der Waals surface area contributed by atoms with Crippen molar-refractivity contribution in [2.75, 3.05) is 33.2 Å². The summed E-state index contributed by atoms with van der Waals surface area (Å²) in [6.07, 6.45) is 4.92. The maximum absolute atomic E-state index is 11.9. The maximum atomic E-state index is 11.9. The molecule has 2 N–H and O–H groups in total. The molecule has 1 fully saturated rings. The number of nitrogens with zero attached hydrogens (tertiary/aromatic N) is 1. The molecule has 4 nitrogen and oxygen atoms in total. The third-order valence-corrected chi connectivity index (χ3v) is 3.53. The fourth-order valence-electron chi connectivity index (χ4n) is 2.46. The molecule has 0 radical (unpaired) electrons. The van der Waals surface area contributed by atoms with Gasteiger partial charge in [-0.25, -0.2) is 0 Å². The molecule has 0 aromatic rings. The van der Waals surface area contributed by atoms with E-state index in [4.69, 9.17) is 0 Å². The lowest BCUT2D eigenvalue weighted by Crippen LogP contribution is -2.46. The van der Waals surface area contributed by atoms with E-state index in [0.717, 1.165) is 26.1 Å². The van der Waals surface area contributed by atoms with Gasteiger partial charge in [0.05, 0.1) is 6.54 Å². The van der Waals surface area contributed by atoms with Gasteiger partial charge < -0.3 is 10.6 Å². The number of hydrogen-bond acceptors (Lipinski definition) is 3. The van der Waals surface area contributed by atoms with E-state index in [9.17, 15) is 4.79 Å². The Hall–Kier alpha value is -0.610. The molecule has 1 heterocycles. The Morgan fingerprint density at radius 1 is 1.39 bits per heavy atom. The van der Waals surface area contributed by atoms with Crippen LogP contribution in [0.5, 0.6) is 0 Å². The van der Waals surface area contributed by atoms with Crippen molar-refractivity contribution < 1.29 is 4.79 Å². The van der Waals surface area contributed by atoms with Crippen LogP contribution in [0.25, 0.3) is 0 Å². The van der Waals surface area contributed by atoms with Crippen LogP contribution in [-0.2, 0) is 4.79 Å². The van der Waals surface area contributed by atoms with Gasteiger partial charge in [0.25, 0.3) is 0 Å². The van der Waals surface area contributed by atoms with E-state index >= 15 is 0 Å². The predicted molar refractivity (Wildman–Crippen MR) is 75.6 cm³/mol. The van der Waals surface area contributed by atoms with E-state index in [1.54, 1.807) is 0 Å². The lowest BCUT2D eigenvalue weighted by Gasteiger charge is -2.35. The molecular formula is C14H29N3O. The minimum Gasteiger partial charge on any atom is -0.355 e. The molecular weight excluding hydrogens is 226 g/mol. The third kappa shape index (κ3) is 5.83. The predicted octanol–water partition coefficient (Wildman–Crippen LogP) is 1.22. The highest BCUT2D eigenvalue weighted by Crippen LogP contribution is 2.18. The lowest BCUT2D eigenvalue weighted by atomic mass is 9.99. The van der Waals surface area contributed by atoms with Crippen LogP contribution in [0.1, 0.15) is 39.5 Å². The van der Waals surface area contributed by atoms with Crippen molar-refractivity contribution in [3.05, 3.63) is 0 Å². The average molecular weight is 255 g/mol. The molecule has 1 saturated heterocycles. The molecule has 0 aliphatic carbocycles. The van der Waals surface area contributed by atoms with Crippen LogP contribution >= 0.6 is 0 Å². The summed E-state index contributed by atoms with van der Waals surface area (Å²) in [5, 5.41) is 6.21. The zero-order chi connectivity index (χ0) is 13.4. The van der Waals surface area contributed by atoms with Crippen LogP contribution in [0, 0.1) is 5.92 Å². The van der Waals surface area contributed by atoms with Crippen LogP contribution < -0.4 is 10.6 Å². The Kier molecular flexibility index (Phi) is 7.28. The van der Waals surface area contributed by atoms with Gasteiger partial charge in [-0.2, -0.15) is 0 Å². The Bertz CT molecular complexity index is 243. The van der Waals surface area contributed by atoms with Gasteiger partial charge in [-0.1, -0.05) is 20.3 Å². The SMILES string of the molecule is CNCCC1CCCCN1CC(=O)NCC(C)C. The standard InChI is InChI=1S/C14H29N3O/c1-12(2)10-16-14(18)11-17-9-5-4-6-13(17)7-8-15-3/h12-13,15H,4-11H2,1-3H3,(H,16,18). The van der Waals surface area contributed by atoms with Gasteiger partial charge in [0, 0.05) is 12.6 Å². The van der Waals surface area contributed by atoms with Crippen LogP contribution in [0.3, 0.4) is 0 Å². The second kappa shape index (κ2) is 8.48. The molecule has 1 aliphatic rings. The van der Waals surface area contributed by atoms with Crippen LogP contribution in [-0.4, -0.2) is 50.1 Å². The summed E-state index contributed by atoms with van der Waals surface area (Å²) in [5.74, 6) is 0.704. The van der Waals surface area contributed by atoms with Gasteiger partial charge in [0.2, 0.25) is 5.91 Å². The summed E-state index contributed by atoms with van der Waals surface area (Å²) < 4.78 is 0. The number of amides is 1. The van der Waals surface area contributed by atoms with E-state index in [1.165, 1.54) is 19.3 Å². The zero-order valence-electron chi connectivity index (χ0n) is 12.2. The van der Waals surface area contributed by atoms with Crippen molar-refractivity contribution in [1.29, 1.82) is 0 Å². The molecule has 0 aromatic carbocycles. The van der Waals surface area contributed by atoms with Crippen molar-refractivity contribution in [3.8, 4) is 0 Å². The fourth-order valence-corrected chi connectivity index (χ4v) is 2.46. The third-order valence-electron chi connectivity index (χ3n) is 3.53. The van der Waals surface area contributed by atoms with Gasteiger partial charge in [-0.15, -0.1) is 0 Å². The summed E-state index contributed by atoms with van der Waals surface area (Å²) in [5.41, 5.74) is 0. The number of likely N-dealkylation sites (tertiary alicyclic amines) is 1. The van der Waals surface area contributed by atoms with Gasteiger partial charge in [-0.3, -0.25) is 9.69 Å². The molecule has 0 bridgehead atoms. The smallest absolute Gasteiger partial charge is 0.234 e. The minimum absolute atomic E-state index is 0.181. The fraction of sp³-hybridized carbons (Fsp3) is 0.929.